The zero-order valence-electron chi connectivity index (χ0n) is 21.3. The molecule has 0 N–H and O–H groups in total. The van der Waals surface area contributed by atoms with Crippen molar-refractivity contribution in [2.45, 2.75) is 49.4 Å². The van der Waals surface area contributed by atoms with E-state index in [9.17, 15) is 9.18 Å². The topological polar surface area (TPSA) is 38.1 Å². The highest BCUT2D eigenvalue weighted by Gasteiger charge is 2.28. The van der Waals surface area contributed by atoms with E-state index in [0.29, 0.717) is 37.6 Å². The molecule has 2 aromatic carbocycles. The number of fused-ring (bicyclic) bond motifs is 1. The van der Waals surface area contributed by atoms with Crippen molar-refractivity contribution in [2.24, 2.45) is 0 Å². The van der Waals surface area contributed by atoms with Crippen molar-refractivity contribution < 1.29 is 4.39 Å². The summed E-state index contributed by atoms with van der Waals surface area (Å²) in [5.74, 6) is -0.419. The molecule has 1 aliphatic heterocycles. The van der Waals surface area contributed by atoms with Crippen LogP contribution in [0.2, 0.25) is 15.1 Å². The molecule has 0 radical (unpaired) electrons. The summed E-state index contributed by atoms with van der Waals surface area (Å²) >= 11 is 21.3. The van der Waals surface area contributed by atoms with Crippen LogP contribution in [0, 0.1) is 5.82 Å². The largest absolute Gasteiger partial charge is 0.298 e. The predicted octanol–water partition coefficient (Wildman–Crippen LogP) is 8.51. The van der Waals surface area contributed by atoms with Crippen LogP contribution in [0.3, 0.4) is 0 Å². The van der Waals surface area contributed by atoms with Crippen molar-refractivity contribution in [1.29, 1.82) is 0 Å². The zero-order valence-corrected chi connectivity index (χ0v) is 24.4. The van der Waals surface area contributed by atoms with Crippen LogP contribution in [0.25, 0.3) is 27.8 Å². The first-order valence-electron chi connectivity index (χ1n) is 12.4. The van der Waals surface area contributed by atoms with Gasteiger partial charge in [-0.3, -0.25) is 14.3 Å². The zero-order chi connectivity index (χ0) is 27.2. The number of pyridine rings is 2. The molecular weight excluding hydrogens is 564 g/mol. The monoisotopic (exact) mass is 589 g/mol. The number of nitrogens with zero attached hydrogens (tertiary/aromatic N) is 3. The van der Waals surface area contributed by atoms with Gasteiger partial charge in [-0.15, -0.1) is 11.8 Å². The van der Waals surface area contributed by atoms with Crippen LogP contribution in [0.5, 0.6) is 0 Å². The Balaban J connectivity index is 1.68. The van der Waals surface area contributed by atoms with Gasteiger partial charge in [-0.25, -0.2) is 9.37 Å². The minimum absolute atomic E-state index is 0.133. The number of halogens is 4. The molecule has 1 aliphatic rings. The molecule has 4 nitrogen and oxygen atoms in total. The summed E-state index contributed by atoms with van der Waals surface area (Å²) in [4.78, 5) is 20.7. The molecule has 0 spiro atoms. The van der Waals surface area contributed by atoms with Gasteiger partial charge in [0, 0.05) is 27.8 Å². The Morgan fingerprint density at radius 2 is 1.61 bits per heavy atom. The summed E-state index contributed by atoms with van der Waals surface area (Å²) in [5.41, 5.74) is 2.02. The fourth-order valence-corrected chi connectivity index (χ4v) is 6.86. The summed E-state index contributed by atoms with van der Waals surface area (Å²) < 4.78 is 15.4. The minimum atomic E-state index is -0.419. The van der Waals surface area contributed by atoms with Gasteiger partial charge < -0.3 is 0 Å². The number of thioether (sulfide) groups is 1. The van der Waals surface area contributed by atoms with Gasteiger partial charge in [0.2, 0.25) is 0 Å². The lowest BCUT2D eigenvalue weighted by Crippen LogP contribution is -2.46. The Bertz CT molecular complexity index is 1560. The minimum Gasteiger partial charge on any atom is -0.298 e. The van der Waals surface area contributed by atoms with Gasteiger partial charge >= 0.3 is 0 Å². The molecule has 4 aromatic rings. The summed E-state index contributed by atoms with van der Waals surface area (Å²) in [6, 6.07) is 14.6. The van der Waals surface area contributed by atoms with Gasteiger partial charge in [-0.05, 0) is 94.7 Å². The van der Waals surface area contributed by atoms with Crippen molar-refractivity contribution in [2.75, 3.05) is 13.1 Å². The number of piperidine rings is 1. The molecule has 0 unspecified atom stereocenters. The van der Waals surface area contributed by atoms with E-state index in [4.69, 9.17) is 39.8 Å². The van der Waals surface area contributed by atoms with E-state index < -0.39 is 5.82 Å². The van der Waals surface area contributed by atoms with E-state index in [1.807, 2.05) is 6.07 Å². The first kappa shape index (κ1) is 27.5. The van der Waals surface area contributed by atoms with E-state index in [2.05, 4.69) is 25.7 Å². The van der Waals surface area contributed by atoms with Crippen molar-refractivity contribution in [1.82, 2.24) is 14.5 Å². The molecule has 0 saturated carbocycles. The van der Waals surface area contributed by atoms with Crippen LogP contribution in [-0.4, -0.2) is 38.3 Å². The van der Waals surface area contributed by atoms with Crippen LogP contribution in [0.1, 0.15) is 33.6 Å². The smallest absolute Gasteiger partial charge is 0.256 e. The van der Waals surface area contributed by atoms with Crippen molar-refractivity contribution >= 4 is 57.6 Å². The summed E-state index contributed by atoms with van der Waals surface area (Å²) in [5, 5.41) is 2.75. The molecule has 5 rings (SSSR count). The maximum absolute atomic E-state index is 13.9. The molecular formula is C29H27Cl3FN3OS. The van der Waals surface area contributed by atoms with Crippen LogP contribution >= 0.6 is 46.6 Å². The molecule has 198 valence electrons. The third-order valence-corrected chi connectivity index (χ3v) is 9.08. The van der Waals surface area contributed by atoms with Crippen molar-refractivity contribution in [3.8, 4) is 16.8 Å². The third kappa shape index (κ3) is 5.47. The standard InChI is InChI=1S/C29H27Cl3FN3OS/c1-29(2,3)35-13-11-18(12-14-35)38-25-16-21(19-8-7-17(33)15-24(19)32)20-9-10-26(37)36(28(20)34-25)27-22(30)5-4-6-23(27)31/h4-10,15-16,18H,11-14H2,1-3H3. The Hall–Kier alpha value is -2.09. The molecule has 0 aliphatic carbocycles. The number of rotatable bonds is 4. The second-order valence-corrected chi connectivity index (χ2v) is 13.0. The van der Waals surface area contributed by atoms with Crippen LogP contribution in [0.15, 0.2) is 64.4 Å². The SMILES string of the molecule is CC(C)(C)N1CCC(Sc2cc(-c3ccc(F)cc3Cl)c3ccc(=O)n(-c4c(Cl)cccc4Cl)c3n2)CC1. The van der Waals surface area contributed by atoms with Crippen LogP contribution in [-0.2, 0) is 0 Å². The molecule has 3 heterocycles. The van der Waals surface area contributed by atoms with E-state index in [-0.39, 0.29) is 16.1 Å². The summed E-state index contributed by atoms with van der Waals surface area (Å²) in [6.45, 7) is 8.73. The number of benzene rings is 2. The van der Waals surface area contributed by atoms with Gasteiger partial charge in [0.05, 0.1) is 25.8 Å². The first-order chi connectivity index (χ1) is 18.0. The maximum atomic E-state index is 13.9. The highest BCUT2D eigenvalue weighted by atomic mass is 35.5. The van der Waals surface area contributed by atoms with E-state index in [1.54, 1.807) is 42.1 Å². The lowest BCUT2D eigenvalue weighted by molar-refractivity contribution is 0.113. The lowest BCUT2D eigenvalue weighted by atomic mass is 10.0. The van der Waals surface area contributed by atoms with Crippen LogP contribution < -0.4 is 5.56 Å². The van der Waals surface area contributed by atoms with Gasteiger partial charge in [-0.2, -0.15) is 0 Å². The molecule has 0 bridgehead atoms. The van der Waals surface area contributed by atoms with Gasteiger partial charge in [0.25, 0.3) is 5.56 Å². The average molecular weight is 591 g/mol. The second-order valence-electron chi connectivity index (χ2n) is 10.4. The van der Waals surface area contributed by atoms with Crippen LogP contribution in [0.4, 0.5) is 4.39 Å². The summed E-state index contributed by atoms with van der Waals surface area (Å²) in [6.07, 6.45) is 2.04. The van der Waals surface area contributed by atoms with Crippen molar-refractivity contribution in [3.05, 3.63) is 85.8 Å². The molecule has 0 amide bonds. The molecule has 1 saturated heterocycles. The fourth-order valence-electron chi connectivity index (χ4n) is 4.91. The molecule has 1 fully saturated rings. The van der Waals surface area contributed by atoms with E-state index in [0.717, 1.165) is 36.5 Å². The Morgan fingerprint density at radius 3 is 2.24 bits per heavy atom. The lowest BCUT2D eigenvalue weighted by Gasteiger charge is -2.40. The van der Waals surface area contributed by atoms with Gasteiger partial charge in [0.15, 0.2) is 0 Å². The average Bonchev–Trinajstić information content (AvgIpc) is 2.84. The number of likely N-dealkylation sites (tertiary alicyclic amines) is 1. The third-order valence-electron chi connectivity index (χ3n) is 6.90. The molecule has 2 aromatic heterocycles. The predicted molar refractivity (Wildman–Crippen MR) is 158 cm³/mol. The Kier molecular flexibility index (Phi) is 7.82. The number of hydrogen-bond acceptors (Lipinski definition) is 4. The Morgan fingerprint density at radius 1 is 0.921 bits per heavy atom. The Labute approximate surface area is 240 Å². The fraction of sp³-hybridized carbons (Fsp3) is 0.310. The van der Waals surface area contributed by atoms with E-state index in [1.165, 1.54) is 22.8 Å². The number of hydrogen-bond donors (Lipinski definition) is 0. The first-order valence-corrected chi connectivity index (χ1v) is 14.4. The highest BCUT2D eigenvalue weighted by molar-refractivity contribution is 7.99. The maximum Gasteiger partial charge on any atom is 0.256 e. The van der Waals surface area contributed by atoms with E-state index >= 15 is 0 Å². The quantitative estimate of drug-likeness (QED) is 0.239. The van der Waals surface area contributed by atoms with Gasteiger partial charge in [-0.1, -0.05) is 40.9 Å². The number of para-hydroxylation sites is 1. The normalized spacial score (nSPS) is 15.3. The highest BCUT2D eigenvalue weighted by Crippen LogP contribution is 2.39. The number of aromatic nitrogens is 2. The van der Waals surface area contributed by atoms with Crippen molar-refractivity contribution in [3.63, 3.8) is 0 Å². The molecule has 9 heteroatoms. The molecule has 0 atom stereocenters. The van der Waals surface area contributed by atoms with Gasteiger partial charge in [0.1, 0.15) is 11.5 Å². The second kappa shape index (κ2) is 10.8. The molecule has 38 heavy (non-hydrogen) atoms. The summed E-state index contributed by atoms with van der Waals surface area (Å²) in [7, 11) is 0.